The Morgan fingerprint density at radius 3 is 2.81 bits per heavy atom. The topological polar surface area (TPSA) is 103 Å². The summed E-state index contributed by atoms with van der Waals surface area (Å²) in [5.74, 6) is -0.312. The van der Waals surface area contributed by atoms with Gasteiger partial charge in [0.15, 0.2) is 0 Å². The van der Waals surface area contributed by atoms with Gasteiger partial charge in [-0.05, 0) is 24.6 Å². The molecule has 0 bridgehead atoms. The van der Waals surface area contributed by atoms with Crippen LogP contribution in [0, 0.1) is 17.2 Å². The summed E-state index contributed by atoms with van der Waals surface area (Å²) in [4.78, 5) is 27.4. The fraction of sp³-hybridized carbons (Fsp3) is 0.286. The molecule has 1 N–H and O–H groups in total. The number of nitriles is 1. The summed E-state index contributed by atoms with van der Waals surface area (Å²) in [6.07, 6.45) is -1.44. The molecule has 0 aromatic heterocycles. The lowest BCUT2D eigenvalue weighted by Gasteiger charge is -2.33. The van der Waals surface area contributed by atoms with Crippen molar-refractivity contribution < 1.29 is 19.4 Å². The lowest BCUT2D eigenvalue weighted by atomic mass is 9.88. The maximum Gasteiger partial charge on any atom is 0.416 e. The highest BCUT2D eigenvalue weighted by Crippen LogP contribution is 2.35. The Kier molecular flexibility index (Phi) is 3.89. The summed E-state index contributed by atoms with van der Waals surface area (Å²) >= 11 is 0. The van der Waals surface area contributed by atoms with Crippen molar-refractivity contribution in [3.8, 4) is 11.8 Å². The van der Waals surface area contributed by atoms with Crippen molar-refractivity contribution in [1.82, 2.24) is 4.90 Å². The molecule has 1 aromatic carbocycles. The fourth-order valence-electron chi connectivity index (χ4n) is 2.30. The molecule has 0 spiro atoms. The molecule has 1 aliphatic heterocycles. The zero-order chi connectivity index (χ0) is 15.6. The number of nitrogens with zero attached hydrogens (tertiary/aromatic N) is 3. The predicted molar refractivity (Wildman–Crippen MR) is 73.2 cm³/mol. The first kappa shape index (κ1) is 14.5. The molecule has 0 saturated carbocycles. The van der Waals surface area contributed by atoms with Crippen molar-refractivity contribution in [2.75, 3.05) is 7.11 Å². The van der Waals surface area contributed by atoms with Gasteiger partial charge < -0.3 is 9.84 Å². The van der Waals surface area contributed by atoms with Gasteiger partial charge in [-0.1, -0.05) is 12.1 Å². The van der Waals surface area contributed by atoms with Crippen molar-refractivity contribution in [1.29, 1.82) is 5.26 Å². The molecule has 2 atom stereocenters. The average molecular weight is 287 g/mol. The summed E-state index contributed by atoms with van der Waals surface area (Å²) in [7, 11) is 1.48. The molecule has 0 radical (unpaired) electrons. The number of methoxy groups -OCH3 is 1. The van der Waals surface area contributed by atoms with E-state index < -0.39 is 24.1 Å². The van der Waals surface area contributed by atoms with Gasteiger partial charge in [0.2, 0.25) is 0 Å². The first-order chi connectivity index (χ1) is 9.99. The number of hydrogen-bond acceptors (Lipinski definition) is 4. The molecule has 2 unspecified atom stereocenters. The highest BCUT2D eigenvalue weighted by molar-refractivity contribution is 6.04. The summed E-state index contributed by atoms with van der Waals surface area (Å²) < 4.78 is 5.10. The second-order valence-corrected chi connectivity index (χ2v) is 4.52. The Hall–Kier alpha value is -2.88. The van der Waals surface area contributed by atoms with E-state index in [1.54, 1.807) is 24.3 Å². The largest absolute Gasteiger partial charge is 0.497 e. The molecule has 0 fully saturated rings. The Labute approximate surface area is 121 Å². The van der Waals surface area contributed by atoms with Gasteiger partial charge in [0.1, 0.15) is 11.7 Å². The summed E-state index contributed by atoms with van der Waals surface area (Å²) in [6, 6.07) is 6.82. The molecule has 108 valence electrons. The van der Waals surface area contributed by atoms with Gasteiger partial charge >= 0.3 is 12.1 Å². The minimum absolute atomic E-state index is 0.299. The normalized spacial score (nSPS) is 21.5. The number of hydrogen-bond donors (Lipinski definition) is 1. The second kappa shape index (κ2) is 5.63. The SMILES string of the molecule is COc1cccc(C2C(C#N)C(C)=NC(=O)N2C(=O)O)c1. The van der Waals surface area contributed by atoms with Crippen LogP contribution < -0.4 is 4.74 Å². The number of carbonyl (C=O) groups excluding carboxylic acids is 1. The smallest absolute Gasteiger partial charge is 0.416 e. The van der Waals surface area contributed by atoms with Gasteiger partial charge in [0, 0.05) is 5.71 Å². The summed E-state index contributed by atoms with van der Waals surface area (Å²) in [5.41, 5.74) is 0.804. The van der Waals surface area contributed by atoms with Gasteiger partial charge in [-0.2, -0.15) is 5.26 Å². The van der Waals surface area contributed by atoms with Gasteiger partial charge in [-0.3, -0.25) is 0 Å². The van der Waals surface area contributed by atoms with E-state index in [0.717, 1.165) is 0 Å². The number of aliphatic imine (C=N–C) groups is 1. The predicted octanol–water partition coefficient (Wildman–Crippen LogP) is 2.45. The second-order valence-electron chi connectivity index (χ2n) is 4.52. The van der Waals surface area contributed by atoms with Crippen LogP contribution in [-0.4, -0.2) is 35.0 Å². The number of carbonyl (C=O) groups is 2. The third-order valence-electron chi connectivity index (χ3n) is 3.30. The Balaban J connectivity index is 2.58. The highest BCUT2D eigenvalue weighted by Gasteiger charge is 2.42. The van der Waals surface area contributed by atoms with E-state index in [2.05, 4.69) is 4.99 Å². The number of benzene rings is 1. The Morgan fingerprint density at radius 1 is 1.52 bits per heavy atom. The van der Waals surface area contributed by atoms with E-state index in [1.807, 2.05) is 6.07 Å². The standard InChI is InChI=1S/C14H13N3O4/c1-8-11(7-15)12(17(14(19)20)13(18)16-8)9-4-3-5-10(6-9)21-2/h3-6,11-12H,1-2H3,(H,19,20). The lowest BCUT2D eigenvalue weighted by molar-refractivity contribution is 0.129. The molecule has 1 heterocycles. The van der Waals surface area contributed by atoms with Crippen molar-refractivity contribution in [2.45, 2.75) is 13.0 Å². The number of rotatable bonds is 2. The molecule has 0 saturated heterocycles. The van der Waals surface area contributed by atoms with Gasteiger partial charge in [0.05, 0.1) is 19.2 Å². The third kappa shape index (κ3) is 2.56. The maximum absolute atomic E-state index is 11.9. The molecule has 2 rings (SSSR count). The molecular formula is C14H13N3O4. The van der Waals surface area contributed by atoms with Crippen LogP contribution in [0.1, 0.15) is 18.5 Å². The first-order valence-electron chi connectivity index (χ1n) is 6.14. The van der Waals surface area contributed by atoms with E-state index in [-0.39, 0.29) is 0 Å². The van der Waals surface area contributed by atoms with Crippen molar-refractivity contribution >= 4 is 17.8 Å². The minimum Gasteiger partial charge on any atom is -0.497 e. The number of ether oxygens (including phenoxy) is 1. The fourth-order valence-corrected chi connectivity index (χ4v) is 2.30. The molecule has 1 aliphatic rings. The van der Waals surface area contributed by atoms with E-state index in [0.29, 0.717) is 21.9 Å². The van der Waals surface area contributed by atoms with Crippen LogP contribution in [0.15, 0.2) is 29.3 Å². The van der Waals surface area contributed by atoms with Crippen LogP contribution >= 0.6 is 0 Å². The molecular weight excluding hydrogens is 274 g/mol. The highest BCUT2D eigenvalue weighted by atomic mass is 16.5. The number of urea groups is 1. The van der Waals surface area contributed by atoms with E-state index in [4.69, 9.17) is 4.74 Å². The number of imide groups is 1. The average Bonchev–Trinajstić information content (AvgIpc) is 2.46. The molecule has 3 amide bonds. The molecule has 7 nitrogen and oxygen atoms in total. The van der Waals surface area contributed by atoms with Crippen LogP contribution in [0.5, 0.6) is 5.75 Å². The van der Waals surface area contributed by atoms with Crippen molar-refractivity contribution in [3.63, 3.8) is 0 Å². The van der Waals surface area contributed by atoms with Crippen molar-refractivity contribution in [2.24, 2.45) is 10.9 Å². The van der Waals surface area contributed by atoms with Crippen LogP contribution in [0.25, 0.3) is 0 Å². The van der Waals surface area contributed by atoms with E-state index >= 15 is 0 Å². The number of carboxylic acid groups (broad SMARTS) is 1. The zero-order valence-electron chi connectivity index (χ0n) is 11.5. The minimum atomic E-state index is -1.44. The van der Waals surface area contributed by atoms with E-state index in [1.165, 1.54) is 14.0 Å². The van der Waals surface area contributed by atoms with Gasteiger partial charge in [-0.15, -0.1) is 0 Å². The maximum atomic E-state index is 11.9. The van der Waals surface area contributed by atoms with Crippen LogP contribution in [0.3, 0.4) is 0 Å². The zero-order valence-corrected chi connectivity index (χ0v) is 11.5. The monoisotopic (exact) mass is 287 g/mol. The quantitative estimate of drug-likeness (QED) is 0.899. The van der Waals surface area contributed by atoms with Crippen LogP contribution in [-0.2, 0) is 0 Å². The van der Waals surface area contributed by atoms with Gasteiger partial charge in [-0.25, -0.2) is 19.5 Å². The molecule has 7 heteroatoms. The van der Waals surface area contributed by atoms with Crippen LogP contribution in [0.4, 0.5) is 9.59 Å². The number of amides is 3. The van der Waals surface area contributed by atoms with E-state index in [9.17, 15) is 20.0 Å². The van der Waals surface area contributed by atoms with Gasteiger partial charge in [0.25, 0.3) is 0 Å². The summed E-state index contributed by atoms with van der Waals surface area (Å²) in [5, 5.41) is 18.6. The Morgan fingerprint density at radius 2 is 2.24 bits per heavy atom. The molecule has 0 aliphatic carbocycles. The Bertz CT molecular complexity index is 662. The first-order valence-corrected chi connectivity index (χ1v) is 6.14. The summed E-state index contributed by atoms with van der Waals surface area (Å²) in [6.45, 7) is 1.54. The lowest BCUT2D eigenvalue weighted by Crippen LogP contribution is -2.46. The third-order valence-corrected chi connectivity index (χ3v) is 3.30. The van der Waals surface area contributed by atoms with Crippen LogP contribution in [0.2, 0.25) is 0 Å². The molecule has 1 aromatic rings. The van der Waals surface area contributed by atoms with Crippen molar-refractivity contribution in [3.05, 3.63) is 29.8 Å². The molecule has 21 heavy (non-hydrogen) atoms.